The fourth-order valence-corrected chi connectivity index (χ4v) is 10.2. The summed E-state index contributed by atoms with van der Waals surface area (Å²) in [7, 11) is 0. The van der Waals surface area contributed by atoms with Gasteiger partial charge in [-0.2, -0.15) is 0 Å². The molecule has 0 saturated heterocycles. The largest absolute Gasteiger partial charge is 0.490 e. The van der Waals surface area contributed by atoms with Crippen molar-refractivity contribution >= 4 is 5.97 Å². The van der Waals surface area contributed by atoms with E-state index < -0.39 is 5.97 Å². The summed E-state index contributed by atoms with van der Waals surface area (Å²) in [5.74, 6) is 1.33. The molecule has 0 aliphatic carbocycles. The van der Waals surface area contributed by atoms with Gasteiger partial charge in [-0.05, 0) is 31.4 Å². The van der Waals surface area contributed by atoms with E-state index in [1.807, 2.05) is 0 Å². The average molecular weight is 1060 g/mol. The van der Waals surface area contributed by atoms with Gasteiger partial charge in [0.1, 0.15) is 6.61 Å². The number of esters is 1. The zero-order chi connectivity index (χ0) is 53.8. The number of hydrogen-bond acceptors (Lipinski definition) is 8. The minimum Gasteiger partial charge on any atom is -0.490 e. The molecule has 0 bridgehead atoms. The van der Waals surface area contributed by atoms with Crippen molar-refractivity contribution in [1.29, 1.82) is 0 Å². The standard InChI is InChI=1S/C67H126O8/c1-4-7-10-13-16-19-22-25-28-31-34-37-40-43-46-49-53-72-64-61-63(67(69)75-60-59-71-58-57-70-56-52-68)62-65(73-54-50-47-44-41-38-35-32-29-26-23-20-17-14-11-8-5-2)66(64)74-55-51-48-45-42-39-36-33-30-27-24-21-18-15-12-9-6-3/h61-62,68H,4-60H2,1-3H3. The molecule has 1 aromatic rings. The minimum absolute atomic E-state index is 0.0165. The van der Waals surface area contributed by atoms with Crippen LogP contribution in [0.15, 0.2) is 12.1 Å². The molecule has 0 aromatic heterocycles. The van der Waals surface area contributed by atoms with Crippen molar-refractivity contribution in [2.45, 2.75) is 329 Å². The molecule has 0 atom stereocenters. The van der Waals surface area contributed by atoms with Gasteiger partial charge < -0.3 is 33.5 Å². The molecule has 8 nitrogen and oxygen atoms in total. The van der Waals surface area contributed by atoms with Gasteiger partial charge in [0, 0.05) is 0 Å². The van der Waals surface area contributed by atoms with Crippen LogP contribution in [0.25, 0.3) is 0 Å². The maximum Gasteiger partial charge on any atom is 0.338 e. The monoisotopic (exact) mass is 1060 g/mol. The molecule has 0 aliphatic heterocycles. The number of rotatable bonds is 63. The van der Waals surface area contributed by atoms with E-state index in [1.54, 1.807) is 12.1 Å². The Morgan fingerprint density at radius 1 is 0.307 bits per heavy atom. The van der Waals surface area contributed by atoms with E-state index in [1.165, 1.54) is 270 Å². The summed E-state index contributed by atoms with van der Waals surface area (Å²) in [6, 6.07) is 3.59. The van der Waals surface area contributed by atoms with E-state index in [2.05, 4.69) is 20.8 Å². The molecule has 0 spiro atoms. The predicted octanol–water partition coefficient (Wildman–Crippen LogP) is 20.8. The van der Waals surface area contributed by atoms with Crippen LogP contribution in [0.5, 0.6) is 17.2 Å². The molecule has 1 rings (SSSR count). The van der Waals surface area contributed by atoms with Gasteiger partial charge >= 0.3 is 5.97 Å². The van der Waals surface area contributed by atoms with Crippen molar-refractivity contribution < 1.29 is 38.3 Å². The third-order valence-electron chi connectivity index (χ3n) is 15.1. The van der Waals surface area contributed by atoms with E-state index in [4.69, 9.17) is 33.5 Å². The number of aliphatic hydroxyl groups excluding tert-OH is 1. The second-order valence-corrected chi connectivity index (χ2v) is 22.3. The Kier molecular flexibility index (Phi) is 56.4. The molecule has 75 heavy (non-hydrogen) atoms. The van der Waals surface area contributed by atoms with Crippen LogP contribution in [0, 0.1) is 0 Å². The number of benzene rings is 1. The van der Waals surface area contributed by atoms with Gasteiger partial charge in [0.05, 0.1) is 58.4 Å². The Labute approximate surface area is 465 Å². The summed E-state index contributed by atoms with van der Waals surface area (Å²) < 4.78 is 36.2. The molecule has 8 heteroatoms. The molecule has 0 saturated carbocycles. The maximum absolute atomic E-state index is 13.5. The molecule has 442 valence electrons. The lowest BCUT2D eigenvalue weighted by Gasteiger charge is -2.19. The summed E-state index contributed by atoms with van der Waals surface area (Å²) >= 11 is 0. The Balaban J connectivity index is 2.75. The molecule has 0 amide bonds. The van der Waals surface area contributed by atoms with Crippen molar-refractivity contribution in [2.75, 3.05) is 59.5 Å². The first-order valence-corrected chi connectivity index (χ1v) is 33.2. The predicted molar refractivity (Wildman–Crippen MR) is 321 cm³/mol. The normalized spacial score (nSPS) is 11.5. The Morgan fingerprint density at radius 2 is 0.547 bits per heavy atom. The zero-order valence-corrected chi connectivity index (χ0v) is 50.3. The lowest BCUT2D eigenvalue weighted by Crippen LogP contribution is -2.14. The molecule has 0 radical (unpaired) electrons. The quantitative estimate of drug-likeness (QED) is 0.0509. The first kappa shape index (κ1) is 71.0. The molecule has 0 aliphatic rings. The SMILES string of the molecule is CCCCCCCCCCCCCCCCCCOc1cc(C(=O)OCCOCCOCCO)cc(OCCCCCCCCCCCCCCCCCC)c1OCCCCCCCCCCCCCCCCCC. The van der Waals surface area contributed by atoms with Crippen molar-refractivity contribution in [3.05, 3.63) is 17.7 Å². The van der Waals surface area contributed by atoms with Gasteiger partial charge in [0.25, 0.3) is 0 Å². The smallest absolute Gasteiger partial charge is 0.338 e. The molecule has 0 unspecified atom stereocenters. The summed E-state index contributed by atoms with van der Waals surface area (Å²) in [5.41, 5.74) is 0.403. The van der Waals surface area contributed by atoms with Crippen LogP contribution in [0.1, 0.15) is 339 Å². The van der Waals surface area contributed by atoms with Crippen LogP contribution < -0.4 is 14.2 Å². The van der Waals surface area contributed by atoms with Gasteiger partial charge in [-0.1, -0.05) is 310 Å². The number of aliphatic hydroxyl groups is 1. The topological polar surface area (TPSA) is 92.7 Å². The zero-order valence-electron chi connectivity index (χ0n) is 50.3. The molecule has 0 fully saturated rings. The number of carbonyl (C=O) groups excluding carboxylic acids is 1. The third kappa shape index (κ3) is 48.8. The number of unbranched alkanes of at least 4 members (excludes halogenated alkanes) is 45. The van der Waals surface area contributed by atoms with Gasteiger partial charge in [-0.3, -0.25) is 0 Å². The second kappa shape index (κ2) is 59.6. The lowest BCUT2D eigenvalue weighted by atomic mass is 10.0. The van der Waals surface area contributed by atoms with Crippen molar-refractivity contribution in [3.8, 4) is 17.2 Å². The minimum atomic E-state index is -0.431. The number of hydrogen-bond donors (Lipinski definition) is 1. The van der Waals surface area contributed by atoms with Crippen LogP contribution in [-0.2, 0) is 14.2 Å². The van der Waals surface area contributed by atoms with E-state index in [9.17, 15) is 4.79 Å². The van der Waals surface area contributed by atoms with Gasteiger partial charge in [-0.25, -0.2) is 4.79 Å². The van der Waals surface area contributed by atoms with Gasteiger partial charge in [0.2, 0.25) is 5.75 Å². The fourth-order valence-electron chi connectivity index (χ4n) is 10.2. The van der Waals surface area contributed by atoms with Crippen LogP contribution >= 0.6 is 0 Å². The van der Waals surface area contributed by atoms with E-state index in [-0.39, 0.29) is 26.4 Å². The highest BCUT2D eigenvalue weighted by molar-refractivity contribution is 5.91. The van der Waals surface area contributed by atoms with E-state index in [0.29, 0.717) is 55.8 Å². The summed E-state index contributed by atoms with van der Waals surface area (Å²) in [6.07, 6.45) is 63.8. The summed E-state index contributed by atoms with van der Waals surface area (Å²) in [6.45, 7) is 10.0. The van der Waals surface area contributed by atoms with Crippen LogP contribution in [0.2, 0.25) is 0 Å². The molecule has 1 N–H and O–H groups in total. The van der Waals surface area contributed by atoms with E-state index in [0.717, 1.165) is 38.5 Å². The molecule has 1 aromatic carbocycles. The first-order valence-electron chi connectivity index (χ1n) is 33.2. The highest BCUT2D eigenvalue weighted by Gasteiger charge is 2.20. The van der Waals surface area contributed by atoms with Gasteiger partial charge in [-0.15, -0.1) is 0 Å². The number of carbonyl (C=O) groups is 1. The lowest BCUT2D eigenvalue weighted by molar-refractivity contribution is 0.00916. The fraction of sp³-hybridized carbons (Fsp3) is 0.896. The summed E-state index contributed by atoms with van der Waals surface area (Å²) in [5, 5.41) is 8.94. The molecule has 0 heterocycles. The Morgan fingerprint density at radius 3 is 0.827 bits per heavy atom. The third-order valence-corrected chi connectivity index (χ3v) is 15.1. The van der Waals surface area contributed by atoms with Crippen molar-refractivity contribution in [2.24, 2.45) is 0 Å². The van der Waals surface area contributed by atoms with Crippen molar-refractivity contribution in [3.63, 3.8) is 0 Å². The Hall–Kier alpha value is -2.03. The molecular formula is C67H126O8. The van der Waals surface area contributed by atoms with Gasteiger partial charge in [0.15, 0.2) is 11.5 Å². The van der Waals surface area contributed by atoms with Crippen LogP contribution in [0.4, 0.5) is 0 Å². The average Bonchev–Trinajstić information content (AvgIpc) is 3.42. The van der Waals surface area contributed by atoms with Crippen LogP contribution in [-0.4, -0.2) is 70.5 Å². The second-order valence-electron chi connectivity index (χ2n) is 22.3. The van der Waals surface area contributed by atoms with E-state index >= 15 is 0 Å². The Bertz CT molecular complexity index is 1230. The summed E-state index contributed by atoms with van der Waals surface area (Å²) in [4.78, 5) is 13.5. The number of ether oxygens (including phenoxy) is 6. The molecular weight excluding hydrogens is 933 g/mol. The first-order chi connectivity index (χ1) is 37.2. The highest BCUT2D eigenvalue weighted by atomic mass is 16.6. The highest BCUT2D eigenvalue weighted by Crippen LogP contribution is 2.40. The maximum atomic E-state index is 13.5. The van der Waals surface area contributed by atoms with Crippen molar-refractivity contribution in [1.82, 2.24) is 0 Å². The van der Waals surface area contributed by atoms with Crippen LogP contribution in [0.3, 0.4) is 0 Å².